The molecule has 4 rings (SSSR count). The standard InChI is InChI=1S/C20H20F3N5O3S/c1-28-16(5-9-26-28)14-11-20(22,23)7-4-17(14)31-13-2-3-18(15(21)10-13)32(29,30)27-19-6-8-24-12-25-19/h2-3,5-6,8-10,12,14,17H,4,7,11H2,1H3,(H,24,25,27)/t14-,17?/m1/s1. The number of halogens is 3. The summed E-state index contributed by atoms with van der Waals surface area (Å²) in [5.41, 5.74) is 0.586. The highest BCUT2D eigenvalue weighted by Crippen LogP contribution is 2.43. The molecule has 1 fully saturated rings. The molecule has 1 aromatic carbocycles. The molecule has 0 spiro atoms. The summed E-state index contributed by atoms with van der Waals surface area (Å²) in [6.07, 6.45) is 2.63. The van der Waals surface area contributed by atoms with Gasteiger partial charge in [0, 0.05) is 50.0 Å². The largest absolute Gasteiger partial charge is 0.490 e. The van der Waals surface area contributed by atoms with E-state index in [1.807, 2.05) is 0 Å². The molecule has 12 heteroatoms. The van der Waals surface area contributed by atoms with Crippen molar-refractivity contribution in [3.05, 3.63) is 60.6 Å². The molecule has 1 saturated carbocycles. The summed E-state index contributed by atoms with van der Waals surface area (Å²) in [7, 11) is -2.59. The maximum absolute atomic E-state index is 14.7. The molecule has 32 heavy (non-hydrogen) atoms. The van der Waals surface area contributed by atoms with Crippen molar-refractivity contribution in [1.29, 1.82) is 0 Å². The summed E-state index contributed by atoms with van der Waals surface area (Å²) >= 11 is 0. The molecule has 1 unspecified atom stereocenters. The SMILES string of the molecule is Cn1nccc1[C@H]1CC(F)(F)CCC1Oc1ccc(S(=O)(=O)Nc2ccncn2)c(F)c1. The van der Waals surface area contributed by atoms with Gasteiger partial charge in [-0.3, -0.25) is 9.40 Å². The van der Waals surface area contributed by atoms with Crippen molar-refractivity contribution >= 4 is 15.8 Å². The number of sulfonamides is 1. The van der Waals surface area contributed by atoms with Crippen LogP contribution in [0.5, 0.6) is 5.75 Å². The van der Waals surface area contributed by atoms with Crippen LogP contribution >= 0.6 is 0 Å². The molecule has 0 saturated heterocycles. The van der Waals surface area contributed by atoms with Gasteiger partial charge in [-0.05, 0) is 30.7 Å². The zero-order valence-electron chi connectivity index (χ0n) is 17.0. The van der Waals surface area contributed by atoms with Crippen LogP contribution in [0.1, 0.15) is 30.9 Å². The molecule has 170 valence electrons. The molecular formula is C20H20F3N5O3S. The van der Waals surface area contributed by atoms with Crippen molar-refractivity contribution in [2.24, 2.45) is 7.05 Å². The zero-order chi connectivity index (χ0) is 22.9. The van der Waals surface area contributed by atoms with Crippen LogP contribution in [0.3, 0.4) is 0 Å². The number of alkyl halides is 2. The van der Waals surface area contributed by atoms with Crippen LogP contribution < -0.4 is 9.46 Å². The minimum absolute atomic E-state index is 0.0121. The van der Waals surface area contributed by atoms with Crippen molar-refractivity contribution in [3.8, 4) is 5.75 Å². The Labute approximate surface area is 182 Å². The molecule has 8 nitrogen and oxygen atoms in total. The van der Waals surface area contributed by atoms with Crippen LogP contribution in [0.15, 0.2) is 53.9 Å². The van der Waals surface area contributed by atoms with Crippen LogP contribution in [-0.4, -0.2) is 40.2 Å². The third-order valence-corrected chi connectivity index (χ3v) is 6.69. The van der Waals surface area contributed by atoms with E-state index >= 15 is 0 Å². The van der Waals surface area contributed by atoms with Gasteiger partial charge in [-0.1, -0.05) is 0 Å². The second-order valence-corrected chi connectivity index (χ2v) is 9.18. The Bertz CT molecular complexity index is 1200. The Morgan fingerprint density at radius 1 is 1.22 bits per heavy atom. The summed E-state index contributed by atoms with van der Waals surface area (Å²) in [6, 6.07) is 6.26. The smallest absolute Gasteiger partial charge is 0.265 e. The van der Waals surface area contributed by atoms with E-state index in [0.29, 0.717) is 5.69 Å². The third-order valence-electron chi connectivity index (χ3n) is 5.30. The van der Waals surface area contributed by atoms with E-state index in [4.69, 9.17) is 4.74 Å². The molecule has 0 amide bonds. The second-order valence-electron chi connectivity index (χ2n) is 7.53. The molecule has 2 aromatic heterocycles. The first kappa shape index (κ1) is 22.1. The van der Waals surface area contributed by atoms with Crippen molar-refractivity contribution < 1.29 is 26.3 Å². The monoisotopic (exact) mass is 467 g/mol. The summed E-state index contributed by atoms with van der Waals surface area (Å²) < 4.78 is 77.4. The van der Waals surface area contributed by atoms with E-state index in [9.17, 15) is 21.6 Å². The first-order valence-corrected chi connectivity index (χ1v) is 11.2. The molecule has 1 aliphatic carbocycles. The van der Waals surface area contributed by atoms with Crippen LogP contribution in [0.4, 0.5) is 19.0 Å². The van der Waals surface area contributed by atoms with Gasteiger partial charge in [0.05, 0.1) is 0 Å². The van der Waals surface area contributed by atoms with Gasteiger partial charge in [-0.25, -0.2) is 31.6 Å². The Morgan fingerprint density at radius 3 is 2.69 bits per heavy atom. The molecular weight excluding hydrogens is 447 g/mol. The average Bonchev–Trinajstić information content (AvgIpc) is 3.15. The number of hydrogen-bond acceptors (Lipinski definition) is 6. The molecule has 2 heterocycles. The fraction of sp³-hybridized carbons (Fsp3) is 0.350. The molecule has 0 radical (unpaired) electrons. The molecule has 1 N–H and O–H groups in total. The predicted octanol–water partition coefficient (Wildman–Crippen LogP) is 3.50. The number of anilines is 1. The highest BCUT2D eigenvalue weighted by atomic mass is 32.2. The molecule has 0 bridgehead atoms. The number of aromatic nitrogens is 4. The van der Waals surface area contributed by atoms with Crippen molar-refractivity contribution in [1.82, 2.24) is 19.7 Å². The number of ether oxygens (including phenoxy) is 1. The Balaban J connectivity index is 1.55. The van der Waals surface area contributed by atoms with Gasteiger partial charge >= 0.3 is 0 Å². The molecule has 0 aliphatic heterocycles. The Kier molecular flexibility index (Phi) is 5.80. The summed E-state index contributed by atoms with van der Waals surface area (Å²) in [5, 5.41) is 4.04. The van der Waals surface area contributed by atoms with Crippen LogP contribution in [0, 0.1) is 5.82 Å². The van der Waals surface area contributed by atoms with Gasteiger partial charge in [-0.2, -0.15) is 5.10 Å². The Morgan fingerprint density at radius 2 is 2.03 bits per heavy atom. The van der Waals surface area contributed by atoms with E-state index in [1.54, 1.807) is 13.1 Å². The highest BCUT2D eigenvalue weighted by molar-refractivity contribution is 7.92. The molecule has 1 aliphatic rings. The van der Waals surface area contributed by atoms with E-state index in [2.05, 4.69) is 19.8 Å². The van der Waals surface area contributed by atoms with E-state index in [0.717, 1.165) is 18.5 Å². The number of nitrogens with zero attached hydrogens (tertiary/aromatic N) is 4. The molecule has 2 atom stereocenters. The first-order chi connectivity index (χ1) is 15.1. The second kappa shape index (κ2) is 8.41. The topological polar surface area (TPSA) is 99.0 Å². The van der Waals surface area contributed by atoms with Gasteiger partial charge in [-0.15, -0.1) is 0 Å². The normalized spacial score (nSPS) is 20.6. The quantitative estimate of drug-likeness (QED) is 0.596. The zero-order valence-corrected chi connectivity index (χ0v) is 17.8. The van der Waals surface area contributed by atoms with E-state index in [1.165, 1.54) is 29.2 Å². The van der Waals surface area contributed by atoms with Crippen LogP contribution in [0.25, 0.3) is 0 Å². The summed E-state index contributed by atoms with van der Waals surface area (Å²) in [5.74, 6) is -4.50. The van der Waals surface area contributed by atoms with Gasteiger partial charge < -0.3 is 4.74 Å². The van der Waals surface area contributed by atoms with Gasteiger partial charge in [0.2, 0.25) is 5.92 Å². The number of aryl methyl sites for hydroxylation is 1. The fourth-order valence-corrected chi connectivity index (χ4v) is 4.85. The maximum Gasteiger partial charge on any atom is 0.265 e. The predicted molar refractivity (Wildman–Crippen MR) is 108 cm³/mol. The van der Waals surface area contributed by atoms with Gasteiger partial charge in [0.25, 0.3) is 10.0 Å². The Hall–Kier alpha value is -3.15. The third kappa shape index (κ3) is 4.69. The van der Waals surface area contributed by atoms with E-state index in [-0.39, 0.29) is 24.4 Å². The van der Waals surface area contributed by atoms with Crippen LogP contribution in [0.2, 0.25) is 0 Å². The fourth-order valence-electron chi connectivity index (χ4n) is 3.79. The van der Waals surface area contributed by atoms with Gasteiger partial charge in [0.15, 0.2) is 0 Å². The minimum Gasteiger partial charge on any atom is -0.490 e. The number of benzene rings is 1. The lowest BCUT2D eigenvalue weighted by atomic mass is 9.81. The van der Waals surface area contributed by atoms with Gasteiger partial charge in [0.1, 0.15) is 34.7 Å². The highest BCUT2D eigenvalue weighted by Gasteiger charge is 2.44. The minimum atomic E-state index is -4.24. The van der Waals surface area contributed by atoms with Crippen molar-refractivity contribution in [2.75, 3.05) is 4.72 Å². The van der Waals surface area contributed by atoms with E-state index < -0.39 is 45.1 Å². The summed E-state index contributed by atoms with van der Waals surface area (Å²) in [6.45, 7) is 0. The lowest BCUT2D eigenvalue weighted by molar-refractivity contribution is -0.0698. The lowest BCUT2D eigenvalue weighted by Crippen LogP contribution is -2.38. The van der Waals surface area contributed by atoms with Crippen molar-refractivity contribution in [2.45, 2.75) is 42.1 Å². The average molecular weight is 467 g/mol. The number of hydrogen-bond donors (Lipinski definition) is 1. The lowest BCUT2D eigenvalue weighted by Gasteiger charge is -2.36. The van der Waals surface area contributed by atoms with Crippen LogP contribution in [-0.2, 0) is 17.1 Å². The van der Waals surface area contributed by atoms with Crippen molar-refractivity contribution in [3.63, 3.8) is 0 Å². The number of nitrogens with one attached hydrogen (secondary N) is 1. The summed E-state index contributed by atoms with van der Waals surface area (Å²) in [4.78, 5) is 6.84. The first-order valence-electron chi connectivity index (χ1n) is 9.75. The molecule has 3 aromatic rings. The number of rotatable bonds is 6. The maximum atomic E-state index is 14.7.